The van der Waals surface area contributed by atoms with E-state index >= 15 is 0 Å². The fourth-order valence-electron chi connectivity index (χ4n) is 3.11. The minimum Gasteiger partial charge on any atom is -0.490 e. The van der Waals surface area contributed by atoms with E-state index in [1.807, 2.05) is 57.2 Å². The summed E-state index contributed by atoms with van der Waals surface area (Å²) in [7, 11) is 0. The summed E-state index contributed by atoms with van der Waals surface area (Å²) in [6.45, 7) is 7.20. The Kier molecular flexibility index (Phi) is 7.42. The van der Waals surface area contributed by atoms with Crippen molar-refractivity contribution in [3.05, 3.63) is 87.4 Å². The van der Waals surface area contributed by atoms with E-state index in [2.05, 4.69) is 5.32 Å². The SMILES string of the molecule is CCOc1cc(CNc2cc(C(=O)O)ccc2C)cc(Cl)c1OCc1ccc(C)cc1. The number of aromatic carboxylic acids is 1. The zero-order valence-electron chi connectivity index (χ0n) is 17.9. The van der Waals surface area contributed by atoms with Crippen LogP contribution in [0.3, 0.4) is 0 Å². The highest BCUT2D eigenvalue weighted by Crippen LogP contribution is 2.37. The maximum Gasteiger partial charge on any atom is 0.335 e. The molecule has 3 aromatic rings. The van der Waals surface area contributed by atoms with Crippen LogP contribution in [-0.2, 0) is 13.2 Å². The van der Waals surface area contributed by atoms with Crippen LogP contribution in [0.25, 0.3) is 0 Å². The molecule has 0 amide bonds. The lowest BCUT2D eigenvalue weighted by atomic mass is 10.1. The van der Waals surface area contributed by atoms with E-state index < -0.39 is 5.97 Å². The van der Waals surface area contributed by atoms with E-state index in [-0.39, 0.29) is 5.56 Å². The van der Waals surface area contributed by atoms with Crippen LogP contribution in [0.1, 0.15) is 39.5 Å². The minimum atomic E-state index is -0.959. The summed E-state index contributed by atoms with van der Waals surface area (Å²) in [5, 5.41) is 13.0. The van der Waals surface area contributed by atoms with E-state index in [9.17, 15) is 9.90 Å². The van der Waals surface area contributed by atoms with Crippen molar-refractivity contribution in [2.45, 2.75) is 33.9 Å². The topological polar surface area (TPSA) is 67.8 Å². The van der Waals surface area contributed by atoms with Gasteiger partial charge in [0.25, 0.3) is 0 Å². The predicted molar refractivity (Wildman–Crippen MR) is 124 cm³/mol. The van der Waals surface area contributed by atoms with Gasteiger partial charge in [0.1, 0.15) is 6.61 Å². The molecule has 5 nitrogen and oxygen atoms in total. The molecule has 0 bridgehead atoms. The molecule has 0 saturated heterocycles. The molecule has 0 aliphatic carbocycles. The molecule has 0 saturated carbocycles. The van der Waals surface area contributed by atoms with Gasteiger partial charge < -0.3 is 19.9 Å². The van der Waals surface area contributed by atoms with Crippen LogP contribution >= 0.6 is 11.6 Å². The number of aryl methyl sites for hydroxylation is 2. The Morgan fingerprint density at radius 3 is 2.42 bits per heavy atom. The number of hydrogen-bond donors (Lipinski definition) is 2. The highest BCUT2D eigenvalue weighted by atomic mass is 35.5. The summed E-state index contributed by atoms with van der Waals surface area (Å²) in [5.41, 5.74) is 5.09. The highest BCUT2D eigenvalue weighted by molar-refractivity contribution is 6.32. The lowest BCUT2D eigenvalue weighted by molar-refractivity contribution is 0.0697. The molecule has 0 radical (unpaired) electrons. The van der Waals surface area contributed by atoms with Gasteiger partial charge in [0, 0.05) is 12.2 Å². The molecule has 0 atom stereocenters. The molecule has 6 heteroatoms. The molecule has 0 aliphatic heterocycles. The molecule has 0 aromatic heterocycles. The number of halogens is 1. The zero-order valence-corrected chi connectivity index (χ0v) is 18.6. The number of nitrogens with one attached hydrogen (secondary N) is 1. The van der Waals surface area contributed by atoms with Crippen molar-refractivity contribution >= 4 is 23.3 Å². The van der Waals surface area contributed by atoms with Gasteiger partial charge in [0.05, 0.1) is 17.2 Å². The molecule has 0 spiro atoms. The van der Waals surface area contributed by atoms with E-state index in [0.29, 0.717) is 36.3 Å². The number of carboxylic acid groups (broad SMARTS) is 1. The molecular weight excluding hydrogens is 414 g/mol. The first-order valence-corrected chi connectivity index (χ1v) is 10.5. The average Bonchev–Trinajstić information content (AvgIpc) is 2.74. The van der Waals surface area contributed by atoms with Crippen molar-refractivity contribution in [2.24, 2.45) is 0 Å². The van der Waals surface area contributed by atoms with Gasteiger partial charge >= 0.3 is 5.97 Å². The van der Waals surface area contributed by atoms with E-state index in [0.717, 1.165) is 22.4 Å². The third-order valence-electron chi connectivity index (χ3n) is 4.84. The van der Waals surface area contributed by atoms with Crippen molar-refractivity contribution < 1.29 is 19.4 Å². The third-order valence-corrected chi connectivity index (χ3v) is 5.12. The molecule has 162 valence electrons. The molecule has 31 heavy (non-hydrogen) atoms. The standard InChI is InChI=1S/C25H26ClNO4/c1-4-30-23-12-19(14-27-22-13-20(25(28)29)10-7-17(22)3)11-21(26)24(23)31-15-18-8-5-16(2)6-9-18/h5-13,27H,4,14-15H2,1-3H3,(H,28,29). The van der Waals surface area contributed by atoms with Gasteiger partial charge in [0.15, 0.2) is 11.5 Å². The van der Waals surface area contributed by atoms with Crippen molar-refractivity contribution in [3.8, 4) is 11.5 Å². The summed E-state index contributed by atoms with van der Waals surface area (Å²) in [6, 6.07) is 16.9. The molecule has 3 aromatic carbocycles. The minimum absolute atomic E-state index is 0.237. The smallest absolute Gasteiger partial charge is 0.335 e. The van der Waals surface area contributed by atoms with Crippen LogP contribution in [0.2, 0.25) is 5.02 Å². The fraction of sp³-hybridized carbons (Fsp3) is 0.240. The first-order chi connectivity index (χ1) is 14.9. The molecule has 0 heterocycles. The van der Waals surface area contributed by atoms with Gasteiger partial charge in [0.2, 0.25) is 0 Å². The zero-order chi connectivity index (χ0) is 22.4. The first kappa shape index (κ1) is 22.5. The van der Waals surface area contributed by atoms with E-state index in [1.54, 1.807) is 18.2 Å². The van der Waals surface area contributed by atoms with Gasteiger partial charge in [-0.1, -0.05) is 47.5 Å². The second-order valence-corrected chi connectivity index (χ2v) is 7.71. The van der Waals surface area contributed by atoms with Gasteiger partial charge in [-0.05, 0) is 61.7 Å². The molecule has 2 N–H and O–H groups in total. The molecule has 3 rings (SSSR count). The van der Waals surface area contributed by atoms with Crippen LogP contribution in [0, 0.1) is 13.8 Å². The second-order valence-electron chi connectivity index (χ2n) is 7.30. The summed E-state index contributed by atoms with van der Waals surface area (Å²) in [6.07, 6.45) is 0. The molecular formula is C25H26ClNO4. The quantitative estimate of drug-likeness (QED) is 0.412. The number of carboxylic acids is 1. The van der Waals surface area contributed by atoms with Gasteiger partial charge in [-0.3, -0.25) is 0 Å². The Labute approximate surface area is 187 Å². The average molecular weight is 440 g/mol. The number of carbonyl (C=O) groups is 1. The first-order valence-electron chi connectivity index (χ1n) is 10.1. The summed E-state index contributed by atoms with van der Waals surface area (Å²) in [5.74, 6) is 0.131. The van der Waals surface area contributed by atoms with Gasteiger partial charge in [-0.25, -0.2) is 4.79 Å². The molecule has 0 unspecified atom stereocenters. The van der Waals surface area contributed by atoms with Crippen LogP contribution in [0.5, 0.6) is 11.5 Å². The van der Waals surface area contributed by atoms with Crippen molar-refractivity contribution in [2.75, 3.05) is 11.9 Å². The highest BCUT2D eigenvalue weighted by Gasteiger charge is 2.14. The van der Waals surface area contributed by atoms with Crippen LogP contribution in [0.4, 0.5) is 5.69 Å². The molecule has 0 aliphatic rings. The number of hydrogen-bond acceptors (Lipinski definition) is 4. The monoisotopic (exact) mass is 439 g/mol. The predicted octanol–water partition coefficient (Wildman–Crippen LogP) is 6.24. The van der Waals surface area contributed by atoms with Crippen molar-refractivity contribution in [1.29, 1.82) is 0 Å². The number of benzene rings is 3. The van der Waals surface area contributed by atoms with Gasteiger partial charge in [-0.2, -0.15) is 0 Å². The third kappa shape index (κ3) is 5.92. The Balaban J connectivity index is 1.77. The van der Waals surface area contributed by atoms with Crippen LogP contribution < -0.4 is 14.8 Å². The van der Waals surface area contributed by atoms with Crippen molar-refractivity contribution in [1.82, 2.24) is 0 Å². The second kappa shape index (κ2) is 10.2. The van der Waals surface area contributed by atoms with E-state index in [1.165, 1.54) is 5.56 Å². The lowest BCUT2D eigenvalue weighted by Gasteiger charge is -2.16. The summed E-state index contributed by atoms with van der Waals surface area (Å²) >= 11 is 6.53. The Morgan fingerprint density at radius 1 is 1.00 bits per heavy atom. The van der Waals surface area contributed by atoms with Crippen LogP contribution in [-0.4, -0.2) is 17.7 Å². The van der Waals surface area contributed by atoms with Crippen LogP contribution in [0.15, 0.2) is 54.6 Å². The largest absolute Gasteiger partial charge is 0.490 e. The maximum absolute atomic E-state index is 11.2. The molecule has 0 fully saturated rings. The Bertz CT molecular complexity index is 1060. The summed E-state index contributed by atoms with van der Waals surface area (Å²) < 4.78 is 11.8. The van der Waals surface area contributed by atoms with E-state index in [4.69, 9.17) is 21.1 Å². The number of ether oxygens (including phenoxy) is 2. The fourth-order valence-corrected chi connectivity index (χ4v) is 3.40. The normalized spacial score (nSPS) is 10.6. The van der Waals surface area contributed by atoms with Crippen molar-refractivity contribution in [3.63, 3.8) is 0 Å². The Morgan fingerprint density at radius 2 is 1.74 bits per heavy atom. The van der Waals surface area contributed by atoms with Gasteiger partial charge in [-0.15, -0.1) is 0 Å². The number of rotatable bonds is 9. The maximum atomic E-state index is 11.2. The lowest BCUT2D eigenvalue weighted by Crippen LogP contribution is -2.05. The number of anilines is 1. The summed E-state index contributed by atoms with van der Waals surface area (Å²) in [4.78, 5) is 11.2. The Hall–Kier alpha value is -3.18.